The molecule has 1 aromatic carbocycles. The smallest absolute Gasteiger partial charge is 0.118 e. The third-order valence-corrected chi connectivity index (χ3v) is 2.93. The van der Waals surface area contributed by atoms with Crippen LogP contribution in [0.15, 0.2) is 24.3 Å². The Morgan fingerprint density at radius 1 is 1.13 bits per heavy atom. The van der Waals surface area contributed by atoms with Crippen molar-refractivity contribution in [3.63, 3.8) is 0 Å². The van der Waals surface area contributed by atoms with Crippen molar-refractivity contribution in [3.05, 3.63) is 29.8 Å². The van der Waals surface area contributed by atoms with Gasteiger partial charge >= 0.3 is 0 Å². The third-order valence-electron chi connectivity index (χ3n) is 2.93. The molecule has 0 aliphatic carbocycles. The van der Waals surface area contributed by atoms with Crippen LogP contribution in [0.1, 0.15) is 18.4 Å². The summed E-state index contributed by atoms with van der Waals surface area (Å²) in [7, 11) is 1.69. The van der Waals surface area contributed by atoms with E-state index in [0.29, 0.717) is 12.1 Å². The van der Waals surface area contributed by atoms with Gasteiger partial charge in [0.05, 0.1) is 13.3 Å². The van der Waals surface area contributed by atoms with E-state index >= 15 is 0 Å². The van der Waals surface area contributed by atoms with E-state index in [0.717, 1.165) is 18.8 Å². The lowest BCUT2D eigenvalue weighted by Crippen LogP contribution is -2.49. The third kappa shape index (κ3) is 2.49. The first kappa shape index (κ1) is 10.5. The summed E-state index contributed by atoms with van der Waals surface area (Å²) in [6.07, 6.45) is 0.430. The molecule has 0 unspecified atom stereocenters. The molecule has 3 heteroatoms. The molecule has 15 heavy (non-hydrogen) atoms. The number of hydrogen-bond acceptors (Lipinski definition) is 3. The van der Waals surface area contributed by atoms with E-state index in [1.165, 1.54) is 5.56 Å². The van der Waals surface area contributed by atoms with Gasteiger partial charge in [-0.15, -0.1) is 0 Å². The summed E-state index contributed by atoms with van der Waals surface area (Å²) in [5.74, 6) is 1.48. The van der Waals surface area contributed by atoms with Gasteiger partial charge in [-0.25, -0.2) is 0 Å². The van der Waals surface area contributed by atoms with E-state index in [9.17, 15) is 0 Å². The minimum absolute atomic E-state index is 0.430. The van der Waals surface area contributed by atoms with Crippen molar-refractivity contribution < 1.29 is 4.74 Å². The van der Waals surface area contributed by atoms with Crippen LogP contribution in [0.5, 0.6) is 5.75 Å². The molecule has 0 atom stereocenters. The molecular weight excluding hydrogens is 188 g/mol. The molecule has 0 spiro atoms. The molecule has 1 aliphatic rings. The van der Waals surface area contributed by atoms with Crippen molar-refractivity contribution in [1.82, 2.24) is 10.6 Å². The fraction of sp³-hybridized carbons (Fsp3) is 0.500. The lowest BCUT2D eigenvalue weighted by atomic mass is 9.97. The standard InChI is InChI=1S/C12H18N2O/c1-9-13-7-11(8-14-9)10-3-5-12(15-2)6-4-10/h3-6,9,11,13-14H,7-8H2,1-2H3. The summed E-state index contributed by atoms with van der Waals surface area (Å²) in [5, 5.41) is 6.83. The van der Waals surface area contributed by atoms with Gasteiger partial charge in [0.1, 0.15) is 5.75 Å². The van der Waals surface area contributed by atoms with E-state index in [-0.39, 0.29) is 0 Å². The predicted octanol–water partition coefficient (Wildman–Crippen LogP) is 1.32. The molecule has 0 aromatic heterocycles. The first-order valence-corrected chi connectivity index (χ1v) is 5.40. The Morgan fingerprint density at radius 2 is 1.73 bits per heavy atom. The maximum atomic E-state index is 5.14. The van der Waals surface area contributed by atoms with Crippen LogP contribution in [-0.2, 0) is 0 Å². The van der Waals surface area contributed by atoms with E-state index in [1.807, 2.05) is 12.1 Å². The molecule has 1 aromatic rings. The number of benzene rings is 1. The second kappa shape index (κ2) is 4.64. The molecular formula is C12H18N2O. The van der Waals surface area contributed by atoms with Gasteiger partial charge in [0.25, 0.3) is 0 Å². The summed E-state index contributed by atoms with van der Waals surface area (Å²) >= 11 is 0. The molecule has 1 aliphatic heterocycles. The highest BCUT2D eigenvalue weighted by Crippen LogP contribution is 2.19. The van der Waals surface area contributed by atoms with Crippen LogP contribution in [0.2, 0.25) is 0 Å². The second-order valence-electron chi connectivity index (χ2n) is 4.01. The van der Waals surface area contributed by atoms with Gasteiger partial charge in [-0.2, -0.15) is 0 Å². The Kier molecular flexibility index (Phi) is 3.23. The Hall–Kier alpha value is -1.06. The van der Waals surface area contributed by atoms with Crippen LogP contribution in [0.4, 0.5) is 0 Å². The average Bonchev–Trinajstić information content (AvgIpc) is 2.30. The highest BCUT2D eigenvalue weighted by Gasteiger charge is 2.17. The fourth-order valence-corrected chi connectivity index (χ4v) is 1.89. The highest BCUT2D eigenvalue weighted by molar-refractivity contribution is 5.30. The van der Waals surface area contributed by atoms with Crippen molar-refractivity contribution in [2.75, 3.05) is 20.2 Å². The molecule has 2 rings (SSSR count). The molecule has 1 fully saturated rings. The minimum atomic E-state index is 0.430. The summed E-state index contributed by atoms with van der Waals surface area (Å²) in [4.78, 5) is 0. The second-order valence-corrected chi connectivity index (χ2v) is 4.01. The van der Waals surface area contributed by atoms with Gasteiger partial charge < -0.3 is 15.4 Å². The molecule has 3 nitrogen and oxygen atoms in total. The molecule has 0 saturated carbocycles. The fourth-order valence-electron chi connectivity index (χ4n) is 1.89. The molecule has 0 bridgehead atoms. The molecule has 82 valence electrons. The lowest BCUT2D eigenvalue weighted by Gasteiger charge is -2.29. The number of rotatable bonds is 2. The molecule has 0 radical (unpaired) electrons. The summed E-state index contributed by atoms with van der Waals surface area (Å²) in [5.41, 5.74) is 1.36. The Labute approximate surface area is 90.8 Å². The molecule has 1 saturated heterocycles. The first-order chi connectivity index (χ1) is 7.29. The molecule has 0 amide bonds. The zero-order valence-electron chi connectivity index (χ0n) is 9.29. The first-order valence-electron chi connectivity index (χ1n) is 5.40. The van der Waals surface area contributed by atoms with Crippen LogP contribution < -0.4 is 15.4 Å². The number of nitrogens with one attached hydrogen (secondary N) is 2. The van der Waals surface area contributed by atoms with E-state index in [1.54, 1.807) is 7.11 Å². The topological polar surface area (TPSA) is 33.3 Å². The summed E-state index contributed by atoms with van der Waals surface area (Å²) in [6.45, 7) is 4.23. The van der Waals surface area contributed by atoms with Gasteiger partial charge in [0.15, 0.2) is 0 Å². The van der Waals surface area contributed by atoms with Crippen LogP contribution >= 0.6 is 0 Å². The quantitative estimate of drug-likeness (QED) is 0.765. The average molecular weight is 206 g/mol. The zero-order chi connectivity index (χ0) is 10.7. The van der Waals surface area contributed by atoms with E-state index in [4.69, 9.17) is 4.74 Å². The van der Waals surface area contributed by atoms with Gasteiger partial charge in [-0.3, -0.25) is 0 Å². The molecule has 1 heterocycles. The maximum Gasteiger partial charge on any atom is 0.118 e. The summed E-state index contributed by atoms with van der Waals surface area (Å²) < 4.78 is 5.14. The van der Waals surface area contributed by atoms with Gasteiger partial charge in [0, 0.05) is 19.0 Å². The van der Waals surface area contributed by atoms with E-state index < -0.39 is 0 Å². The normalized spacial score (nSPS) is 26.3. The summed E-state index contributed by atoms with van der Waals surface area (Å²) in [6, 6.07) is 8.33. The van der Waals surface area contributed by atoms with Crippen LogP contribution in [0, 0.1) is 0 Å². The van der Waals surface area contributed by atoms with Crippen molar-refractivity contribution >= 4 is 0 Å². The van der Waals surface area contributed by atoms with Gasteiger partial charge in [-0.1, -0.05) is 12.1 Å². The van der Waals surface area contributed by atoms with Crippen molar-refractivity contribution in [3.8, 4) is 5.75 Å². The number of ether oxygens (including phenoxy) is 1. The van der Waals surface area contributed by atoms with Crippen LogP contribution in [-0.4, -0.2) is 26.4 Å². The Balaban J connectivity index is 2.03. The highest BCUT2D eigenvalue weighted by atomic mass is 16.5. The van der Waals surface area contributed by atoms with Crippen LogP contribution in [0.25, 0.3) is 0 Å². The van der Waals surface area contributed by atoms with Gasteiger partial charge in [-0.05, 0) is 24.6 Å². The lowest BCUT2D eigenvalue weighted by molar-refractivity contribution is 0.360. The van der Waals surface area contributed by atoms with Gasteiger partial charge in [0.2, 0.25) is 0 Å². The zero-order valence-corrected chi connectivity index (χ0v) is 9.29. The number of hydrogen-bond donors (Lipinski definition) is 2. The van der Waals surface area contributed by atoms with E-state index in [2.05, 4.69) is 29.7 Å². The molecule has 2 N–H and O–H groups in total. The monoisotopic (exact) mass is 206 g/mol. The number of methoxy groups -OCH3 is 1. The Bertz CT molecular complexity index is 302. The Morgan fingerprint density at radius 3 is 2.27 bits per heavy atom. The van der Waals surface area contributed by atoms with Crippen molar-refractivity contribution in [2.24, 2.45) is 0 Å². The van der Waals surface area contributed by atoms with Crippen molar-refractivity contribution in [1.29, 1.82) is 0 Å². The van der Waals surface area contributed by atoms with Crippen LogP contribution in [0.3, 0.4) is 0 Å². The van der Waals surface area contributed by atoms with Crippen molar-refractivity contribution in [2.45, 2.75) is 19.0 Å². The minimum Gasteiger partial charge on any atom is -0.497 e. The maximum absolute atomic E-state index is 5.14. The largest absolute Gasteiger partial charge is 0.497 e. The SMILES string of the molecule is COc1ccc(C2CNC(C)NC2)cc1. The predicted molar refractivity (Wildman–Crippen MR) is 61.2 cm³/mol.